The summed E-state index contributed by atoms with van der Waals surface area (Å²) in [6.07, 6.45) is 0.256. The van der Waals surface area contributed by atoms with Gasteiger partial charge in [0.15, 0.2) is 0 Å². The van der Waals surface area contributed by atoms with Gasteiger partial charge in [-0.05, 0) is 23.6 Å². The van der Waals surface area contributed by atoms with E-state index in [2.05, 4.69) is 4.98 Å². The average Bonchev–Trinajstić information content (AvgIpc) is 2.54. The first-order chi connectivity index (χ1) is 11.8. The number of hydrogen-bond donors (Lipinski definition) is 1. The van der Waals surface area contributed by atoms with Crippen molar-refractivity contribution in [1.82, 2.24) is 4.98 Å². The van der Waals surface area contributed by atoms with Crippen LogP contribution in [0.4, 0.5) is 15.9 Å². The Morgan fingerprint density at radius 3 is 2.48 bits per heavy atom. The highest BCUT2D eigenvalue weighted by atomic mass is 35.5. The molecule has 0 amide bonds. The number of benzene rings is 1. The number of pyridine rings is 1. The van der Waals surface area contributed by atoms with E-state index in [1.807, 2.05) is 13.8 Å². The molecular formula is C17H19ClFN3O3. The molecule has 0 saturated carbocycles. The minimum absolute atomic E-state index is 0.140. The Hall–Kier alpha value is -2.25. The highest BCUT2D eigenvalue weighted by Crippen LogP contribution is 2.29. The van der Waals surface area contributed by atoms with Gasteiger partial charge in [0.2, 0.25) is 0 Å². The van der Waals surface area contributed by atoms with Crippen LogP contribution in [-0.4, -0.2) is 28.1 Å². The number of aliphatic hydroxyl groups is 1. The summed E-state index contributed by atoms with van der Waals surface area (Å²) in [5.74, 6) is 0.227. The quantitative estimate of drug-likeness (QED) is 0.591. The SMILES string of the molecule is CC(C)CN(C[C@H](O)c1ccc(F)cc1)c1ncc([N+](=O)[O-])cc1Cl. The number of aromatic nitrogens is 1. The maximum Gasteiger partial charge on any atom is 0.289 e. The fourth-order valence-electron chi connectivity index (χ4n) is 2.44. The minimum atomic E-state index is -0.882. The van der Waals surface area contributed by atoms with Gasteiger partial charge >= 0.3 is 0 Å². The lowest BCUT2D eigenvalue weighted by Gasteiger charge is -2.28. The number of anilines is 1. The number of rotatable bonds is 7. The largest absolute Gasteiger partial charge is 0.387 e. The minimum Gasteiger partial charge on any atom is -0.387 e. The average molecular weight is 368 g/mol. The molecule has 0 spiro atoms. The molecule has 134 valence electrons. The van der Waals surface area contributed by atoms with Gasteiger partial charge in [-0.25, -0.2) is 9.37 Å². The van der Waals surface area contributed by atoms with Crippen molar-refractivity contribution in [1.29, 1.82) is 0 Å². The summed E-state index contributed by atoms with van der Waals surface area (Å²) in [6, 6.07) is 6.82. The lowest BCUT2D eigenvalue weighted by atomic mass is 10.1. The Bertz CT molecular complexity index is 740. The molecule has 0 saturated heterocycles. The topological polar surface area (TPSA) is 79.5 Å². The van der Waals surface area contributed by atoms with Crippen molar-refractivity contribution in [2.75, 3.05) is 18.0 Å². The summed E-state index contributed by atoms with van der Waals surface area (Å²) in [7, 11) is 0. The van der Waals surface area contributed by atoms with Gasteiger partial charge in [-0.2, -0.15) is 0 Å². The third-order valence-corrected chi connectivity index (χ3v) is 3.83. The number of hydrogen-bond acceptors (Lipinski definition) is 5. The van der Waals surface area contributed by atoms with Gasteiger partial charge in [-0.3, -0.25) is 10.1 Å². The lowest BCUT2D eigenvalue weighted by Crippen LogP contribution is -2.33. The lowest BCUT2D eigenvalue weighted by molar-refractivity contribution is -0.385. The van der Waals surface area contributed by atoms with Gasteiger partial charge in [-0.1, -0.05) is 37.6 Å². The highest BCUT2D eigenvalue weighted by Gasteiger charge is 2.20. The molecule has 0 unspecified atom stereocenters. The number of aliphatic hydroxyl groups excluding tert-OH is 1. The van der Waals surface area contributed by atoms with Gasteiger partial charge in [0, 0.05) is 19.2 Å². The summed E-state index contributed by atoms with van der Waals surface area (Å²) >= 11 is 6.16. The number of halogens is 2. The van der Waals surface area contributed by atoms with Crippen molar-refractivity contribution in [3.8, 4) is 0 Å². The van der Waals surface area contributed by atoms with Crippen LogP contribution in [0.15, 0.2) is 36.5 Å². The summed E-state index contributed by atoms with van der Waals surface area (Å²) < 4.78 is 13.0. The zero-order chi connectivity index (χ0) is 18.6. The maximum atomic E-state index is 13.0. The second-order valence-corrected chi connectivity index (χ2v) is 6.53. The molecule has 0 aliphatic carbocycles. The first kappa shape index (κ1) is 19.1. The molecule has 1 N–H and O–H groups in total. The van der Waals surface area contributed by atoms with E-state index in [9.17, 15) is 19.6 Å². The summed E-state index contributed by atoms with van der Waals surface area (Å²) in [5, 5.41) is 21.4. The monoisotopic (exact) mass is 367 g/mol. The molecule has 0 aliphatic heterocycles. The van der Waals surface area contributed by atoms with Crippen LogP contribution in [0.2, 0.25) is 5.02 Å². The smallest absolute Gasteiger partial charge is 0.289 e. The van der Waals surface area contributed by atoms with E-state index in [-0.39, 0.29) is 29.0 Å². The molecule has 2 aromatic rings. The maximum absolute atomic E-state index is 13.0. The van der Waals surface area contributed by atoms with Crippen molar-refractivity contribution in [3.05, 3.63) is 63.0 Å². The van der Waals surface area contributed by atoms with E-state index in [0.29, 0.717) is 17.9 Å². The van der Waals surface area contributed by atoms with Crippen LogP contribution in [-0.2, 0) is 0 Å². The molecule has 6 nitrogen and oxygen atoms in total. The molecule has 25 heavy (non-hydrogen) atoms. The van der Waals surface area contributed by atoms with Gasteiger partial charge in [0.25, 0.3) is 5.69 Å². The Morgan fingerprint density at radius 1 is 1.32 bits per heavy atom. The molecular weight excluding hydrogens is 349 g/mol. The van der Waals surface area contributed by atoms with Crippen molar-refractivity contribution in [2.45, 2.75) is 20.0 Å². The van der Waals surface area contributed by atoms with Gasteiger partial charge in [0.1, 0.15) is 17.8 Å². The van der Waals surface area contributed by atoms with Gasteiger partial charge in [-0.15, -0.1) is 0 Å². The van der Waals surface area contributed by atoms with Crippen LogP contribution >= 0.6 is 11.6 Å². The Balaban J connectivity index is 2.26. The molecule has 8 heteroatoms. The number of nitro groups is 1. The predicted molar refractivity (Wildman–Crippen MR) is 94.3 cm³/mol. The molecule has 0 fully saturated rings. The van der Waals surface area contributed by atoms with Crippen molar-refractivity contribution in [3.63, 3.8) is 0 Å². The fourth-order valence-corrected chi connectivity index (χ4v) is 2.72. The number of nitrogens with zero attached hydrogens (tertiary/aromatic N) is 3. The van der Waals surface area contributed by atoms with E-state index in [1.165, 1.54) is 30.3 Å². The standard InChI is InChI=1S/C17H19ClFN3O3/c1-11(2)9-21(10-16(23)12-3-5-13(19)6-4-12)17-15(18)7-14(8-20-17)22(24)25/h3-8,11,16,23H,9-10H2,1-2H3/t16-/m0/s1. The van der Waals surface area contributed by atoms with E-state index >= 15 is 0 Å². The Labute approximate surface area is 150 Å². The molecule has 2 rings (SSSR count). The zero-order valence-electron chi connectivity index (χ0n) is 13.9. The first-order valence-electron chi connectivity index (χ1n) is 7.76. The van der Waals surface area contributed by atoms with Gasteiger partial charge < -0.3 is 10.0 Å². The van der Waals surface area contributed by atoms with Crippen LogP contribution < -0.4 is 4.90 Å². The summed E-state index contributed by atoms with van der Waals surface area (Å²) in [6.45, 7) is 4.71. The first-order valence-corrected chi connectivity index (χ1v) is 8.14. The summed E-state index contributed by atoms with van der Waals surface area (Å²) in [4.78, 5) is 16.1. The molecule has 0 bridgehead atoms. The van der Waals surface area contributed by atoms with E-state index in [4.69, 9.17) is 11.6 Å². The molecule has 1 heterocycles. The highest BCUT2D eigenvalue weighted by molar-refractivity contribution is 6.33. The van der Waals surface area contributed by atoms with Crippen LogP contribution in [0.25, 0.3) is 0 Å². The van der Waals surface area contributed by atoms with Gasteiger partial charge in [0.05, 0.1) is 16.0 Å². The molecule has 0 aliphatic rings. The zero-order valence-corrected chi connectivity index (χ0v) is 14.7. The van der Waals surface area contributed by atoms with Crippen molar-refractivity contribution >= 4 is 23.1 Å². The normalized spacial score (nSPS) is 12.2. The van der Waals surface area contributed by atoms with Crippen LogP contribution in [0, 0.1) is 21.8 Å². The predicted octanol–water partition coefficient (Wildman–Crippen LogP) is 3.98. The summed E-state index contributed by atoms with van der Waals surface area (Å²) in [5.41, 5.74) is 0.366. The van der Waals surface area contributed by atoms with E-state index in [1.54, 1.807) is 4.90 Å². The van der Waals surface area contributed by atoms with Crippen LogP contribution in [0.3, 0.4) is 0 Å². The third kappa shape index (κ3) is 5.11. The van der Waals surface area contributed by atoms with Crippen LogP contribution in [0.1, 0.15) is 25.5 Å². The van der Waals surface area contributed by atoms with Crippen LogP contribution in [0.5, 0.6) is 0 Å². The van der Waals surface area contributed by atoms with E-state index in [0.717, 1.165) is 6.20 Å². The third-order valence-electron chi connectivity index (χ3n) is 3.55. The second kappa shape index (κ2) is 8.22. The molecule has 1 aromatic carbocycles. The Kier molecular flexibility index (Phi) is 6.27. The van der Waals surface area contributed by atoms with Crippen molar-refractivity contribution in [2.24, 2.45) is 5.92 Å². The fraction of sp³-hybridized carbons (Fsp3) is 0.353. The van der Waals surface area contributed by atoms with Crippen molar-refractivity contribution < 1.29 is 14.4 Å². The molecule has 1 atom stereocenters. The Morgan fingerprint density at radius 2 is 1.96 bits per heavy atom. The molecule has 0 radical (unpaired) electrons. The second-order valence-electron chi connectivity index (χ2n) is 6.12. The van der Waals surface area contributed by atoms with E-state index < -0.39 is 11.0 Å². The molecule has 1 aromatic heterocycles.